The molecule has 2 aliphatic rings. The average Bonchev–Trinajstić information content (AvgIpc) is 3.35. The molecular weight excluding hydrogens is 488 g/mol. The van der Waals surface area contributed by atoms with E-state index in [0.29, 0.717) is 32.7 Å². The van der Waals surface area contributed by atoms with Crippen LogP contribution in [0.5, 0.6) is 0 Å². The van der Waals surface area contributed by atoms with Gasteiger partial charge in [-0.2, -0.15) is 18.8 Å². The van der Waals surface area contributed by atoms with E-state index in [9.17, 15) is 16.8 Å². The molecule has 4 heterocycles. The third kappa shape index (κ3) is 5.07. The molecule has 0 N–H and O–H groups in total. The molecule has 12 heteroatoms. The number of nitrogens with zero attached hydrogens (tertiary/aromatic N) is 6. The highest BCUT2D eigenvalue weighted by Gasteiger charge is 2.36. The Morgan fingerprint density at radius 3 is 2.06 bits per heavy atom. The summed E-state index contributed by atoms with van der Waals surface area (Å²) in [6.07, 6.45) is 4.01. The van der Waals surface area contributed by atoms with Crippen LogP contribution in [0.25, 0.3) is 0 Å². The third-order valence-corrected chi connectivity index (χ3v) is 9.79. The molecule has 10 nitrogen and oxygen atoms in total. The Kier molecular flexibility index (Phi) is 6.97. The van der Waals surface area contributed by atoms with E-state index in [0.717, 1.165) is 46.7 Å². The number of fused-ring (bicyclic) bond motifs is 2. The maximum absolute atomic E-state index is 12.7. The van der Waals surface area contributed by atoms with Crippen LogP contribution in [0.3, 0.4) is 0 Å². The highest BCUT2D eigenvalue weighted by molar-refractivity contribution is 7.88. The summed E-state index contributed by atoms with van der Waals surface area (Å²) in [6.45, 7) is 10.5. The van der Waals surface area contributed by atoms with Crippen molar-refractivity contribution in [2.45, 2.75) is 78.6 Å². The highest BCUT2D eigenvalue weighted by Crippen LogP contribution is 2.37. The number of hydrogen-bond acceptors (Lipinski definition) is 6. The molecule has 2 aromatic rings. The molecule has 196 valence electrons. The molecule has 0 amide bonds. The largest absolute Gasteiger partial charge is 0.272 e. The summed E-state index contributed by atoms with van der Waals surface area (Å²) >= 11 is 0. The zero-order valence-electron chi connectivity index (χ0n) is 21.8. The standard InChI is InChI=1S/C23H38N6O4S2/c1-8-29-21-14-28(35(7,32)33)13-19(21)23(25-29)16(4)9-17-10-20-18(12-27(11-17)34(6,30)31)22(15(2)3)24-26(20)5/h15-17H,8-14H2,1-7H3. The van der Waals surface area contributed by atoms with Crippen LogP contribution in [0, 0.1) is 5.92 Å². The van der Waals surface area contributed by atoms with Crippen molar-refractivity contribution in [3.05, 3.63) is 33.9 Å². The Balaban J connectivity index is 1.65. The molecule has 2 unspecified atom stereocenters. The van der Waals surface area contributed by atoms with Gasteiger partial charge in [0.25, 0.3) is 0 Å². The number of sulfonamides is 2. The first-order chi connectivity index (χ1) is 16.2. The molecule has 2 aromatic heterocycles. The second kappa shape index (κ2) is 9.28. The van der Waals surface area contributed by atoms with Crippen molar-refractivity contribution >= 4 is 20.0 Å². The van der Waals surface area contributed by atoms with Crippen molar-refractivity contribution in [2.24, 2.45) is 13.0 Å². The van der Waals surface area contributed by atoms with Crippen molar-refractivity contribution in [3.63, 3.8) is 0 Å². The first-order valence-electron chi connectivity index (χ1n) is 12.2. The topological polar surface area (TPSA) is 110 Å². The van der Waals surface area contributed by atoms with Gasteiger partial charge >= 0.3 is 0 Å². The SMILES string of the molecule is CCn1nc(C(C)CC2Cc3c(c(C(C)C)nn3C)CN(S(C)(=O)=O)C2)c2c1CN(S(C)(=O)=O)C2. The van der Waals surface area contributed by atoms with Gasteiger partial charge in [0.05, 0.1) is 36.1 Å². The van der Waals surface area contributed by atoms with Gasteiger partial charge in [0.2, 0.25) is 20.0 Å². The van der Waals surface area contributed by atoms with Crippen LogP contribution in [0.4, 0.5) is 0 Å². The molecule has 0 aliphatic carbocycles. The molecular formula is C23H38N6O4S2. The van der Waals surface area contributed by atoms with Gasteiger partial charge < -0.3 is 0 Å². The fraction of sp³-hybridized carbons (Fsp3) is 0.739. The van der Waals surface area contributed by atoms with Crippen LogP contribution in [0.2, 0.25) is 0 Å². The summed E-state index contributed by atoms with van der Waals surface area (Å²) in [5.41, 5.74) is 5.99. The summed E-state index contributed by atoms with van der Waals surface area (Å²) in [5.74, 6) is 0.355. The predicted molar refractivity (Wildman–Crippen MR) is 135 cm³/mol. The van der Waals surface area contributed by atoms with Crippen LogP contribution in [-0.2, 0) is 59.7 Å². The lowest BCUT2D eigenvalue weighted by atomic mass is 9.88. The minimum atomic E-state index is -3.39. The van der Waals surface area contributed by atoms with E-state index < -0.39 is 20.0 Å². The van der Waals surface area contributed by atoms with Crippen LogP contribution in [0.15, 0.2) is 0 Å². The zero-order chi connectivity index (χ0) is 25.9. The van der Waals surface area contributed by atoms with Crippen molar-refractivity contribution in [1.82, 2.24) is 28.2 Å². The Morgan fingerprint density at radius 2 is 1.49 bits per heavy atom. The van der Waals surface area contributed by atoms with Crippen LogP contribution in [-0.4, -0.2) is 64.1 Å². The van der Waals surface area contributed by atoms with Crippen molar-refractivity contribution < 1.29 is 16.8 Å². The highest BCUT2D eigenvalue weighted by atomic mass is 32.2. The van der Waals surface area contributed by atoms with Crippen molar-refractivity contribution in [3.8, 4) is 0 Å². The smallest absolute Gasteiger partial charge is 0.211 e. The van der Waals surface area contributed by atoms with E-state index in [-0.39, 0.29) is 17.8 Å². The van der Waals surface area contributed by atoms with Gasteiger partial charge in [-0.3, -0.25) is 9.36 Å². The predicted octanol–water partition coefficient (Wildman–Crippen LogP) is 2.16. The first kappa shape index (κ1) is 26.3. The minimum Gasteiger partial charge on any atom is -0.272 e. The number of aromatic nitrogens is 4. The maximum Gasteiger partial charge on any atom is 0.211 e. The summed E-state index contributed by atoms with van der Waals surface area (Å²) in [7, 11) is -4.74. The Labute approximate surface area is 209 Å². The number of rotatable bonds is 7. The fourth-order valence-electron chi connectivity index (χ4n) is 5.60. The lowest BCUT2D eigenvalue weighted by Crippen LogP contribution is -2.33. The average molecular weight is 527 g/mol. The second-order valence-corrected chi connectivity index (χ2v) is 14.5. The van der Waals surface area contributed by atoms with Gasteiger partial charge in [0.1, 0.15) is 0 Å². The van der Waals surface area contributed by atoms with Gasteiger partial charge in [0.15, 0.2) is 0 Å². The molecule has 4 rings (SSSR count). The fourth-order valence-corrected chi connectivity index (χ4v) is 7.17. The third-order valence-electron chi connectivity index (χ3n) is 7.38. The molecule has 2 atom stereocenters. The molecule has 0 aromatic carbocycles. The minimum absolute atomic E-state index is 0.0572. The van der Waals surface area contributed by atoms with E-state index in [1.54, 1.807) is 4.31 Å². The molecule has 0 fully saturated rings. The molecule has 35 heavy (non-hydrogen) atoms. The Morgan fingerprint density at radius 1 is 0.886 bits per heavy atom. The van der Waals surface area contributed by atoms with Crippen LogP contribution in [0.1, 0.15) is 79.9 Å². The molecule has 0 saturated carbocycles. The lowest BCUT2D eigenvalue weighted by molar-refractivity contribution is 0.321. The molecule has 0 radical (unpaired) electrons. The molecule has 2 aliphatic heterocycles. The lowest BCUT2D eigenvalue weighted by Gasteiger charge is -2.25. The van der Waals surface area contributed by atoms with Gasteiger partial charge in [-0.15, -0.1) is 0 Å². The molecule has 0 bridgehead atoms. The van der Waals surface area contributed by atoms with Gasteiger partial charge in [0, 0.05) is 56.0 Å². The number of hydrogen-bond donors (Lipinski definition) is 0. The van der Waals surface area contributed by atoms with E-state index in [4.69, 9.17) is 10.2 Å². The van der Waals surface area contributed by atoms with Crippen molar-refractivity contribution in [1.29, 1.82) is 0 Å². The summed E-state index contributed by atoms with van der Waals surface area (Å²) in [5, 5.41) is 9.59. The van der Waals surface area contributed by atoms with Crippen LogP contribution < -0.4 is 0 Å². The quantitative estimate of drug-likeness (QED) is 0.547. The van der Waals surface area contributed by atoms with Gasteiger partial charge in [-0.1, -0.05) is 20.8 Å². The normalized spacial score (nSPS) is 20.7. The molecule has 0 saturated heterocycles. The van der Waals surface area contributed by atoms with E-state index >= 15 is 0 Å². The molecule has 0 spiro atoms. The summed E-state index contributed by atoms with van der Waals surface area (Å²) < 4.78 is 56.7. The Hall–Kier alpha value is -1.76. The van der Waals surface area contributed by atoms with E-state index in [1.807, 2.05) is 23.3 Å². The number of aryl methyl sites for hydroxylation is 2. The van der Waals surface area contributed by atoms with Gasteiger partial charge in [-0.25, -0.2) is 16.8 Å². The monoisotopic (exact) mass is 526 g/mol. The summed E-state index contributed by atoms with van der Waals surface area (Å²) in [4.78, 5) is 0. The first-order valence-corrected chi connectivity index (χ1v) is 15.9. The van der Waals surface area contributed by atoms with Crippen LogP contribution >= 0.6 is 0 Å². The van der Waals surface area contributed by atoms with Gasteiger partial charge in [-0.05, 0) is 31.6 Å². The van der Waals surface area contributed by atoms with E-state index in [2.05, 4.69) is 20.8 Å². The summed E-state index contributed by atoms with van der Waals surface area (Å²) in [6, 6.07) is 0. The zero-order valence-corrected chi connectivity index (χ0v) is 23.4. The van der Waals surface area contributed by atoms with Crippen molar-refractivity contribution in [2.75, 3.05) is 19.1 Å². The van der Waals surface area contributed by atoms with E-state index in [1.165, 1.54) is 16.8 Å². The Bertz CT molecular complexity index is 1330. The maximum atomic E-state index is 12.7. The second-order valence-electron chi connectivity index (χ2n) is 10.5.